The summed E-state index contributed by atoms with van der Waals surface area (Å²) in [4.78, 5) is 24.5. The molecule has 0 spiro atoms. The molecular weight excluding hydrogens is 443 g/mol. The topological polar surface area (TPSA) is 71.3 Å². The molecule has 2 aromatic carbocycles. The van der Waals surface area contributed by atoms with Gasteiger partial charge in [-0.15, -0.1) is 11.3 Å². The second-order valence-electron chi connectivity index (χ2n) is 6.63. The molecular formula is C22H16Cl2N2O3S. The van der Waals surface area contributed by atoms with Gasteiger partial charge in [-0.25, -0.2) is 0 Å². The fourth-order valence-electron chi connectivity index (χ4n) is 3.20. The van der Waals surface area contributed by atoms with Crippen LogP contribution < -0.4 is 5.43 Å². The molecule has 0 saturated heterocycles. The van der Waals surface area contributed by atoms with Crippen molar-refractivity contribution in [1.29, 1.82) is 0 Å². The number of carboxylic acids is 1. The van der Waals surface area contributed by atoms with Crippen molar-refractivity contribution in [2.24, 2.45) is 0 Å². The molecule has 2 heterocycles. The average molecular weight is 459 g/mol. The Balaban J connectivity index is 1.72. The van der Waals surface area contributed by atoms with Crippen molar-refractivity contribution in [3.63, 3.8) is 0 Å². The first-order valence-electron chi connectivity index (χ1n) is 9.11. The number of carbonyl (C=O) groups is 2. The highest BCUT2D eigenvalue weighted by Crippen LogP contribution is 2.35. The summed E-state index contributed by atoms with van der Waals surface area (Å²) in [5.41, 5.74) is 5.12. The second-order valence-corrected chi connectivity index (χ2v) is 8.49. The Morgan fingerprint density at radius 2 is 1.73 bits per heavy atom. The number of amides is 1. The van der Waals surface area contributed by atoms with Crippen LogP contribution in [0.15, 0.2) is 60.7 Å². The van der Waals surface area contributed by atoms with E-state index in [1.54, 1.807) is 22.9 Å². The largest absolute Gasteiger partial charge is 0.481 e. The molecule has 4 rings (SSSR count). The number of nitrogens with one attached hydrogen (secondary N) is 1. The predicted molar refractivity (Wildman–Crippen MR) is 121 cm³/mol. The molecule has 2 aromatic heterocycles. The van der Waals surface area contributed by atoms with E-state index in [2.05, 4.69) is 5.43 Å². The Hall–Kier alpha value is -2.80. The first-order chi connectivity index (χ1) is 14.4. The van der Waals surface area contributed by atoms with Crippen molar-refractivity contribution in [1.82, 2.24) is 4.68 Å². The predicted octanol–water partition coefficient (Wildman–Crippen LogP) is 6.08. The molecule has 2 N–H and O–H groups in total. The van der Waals surface area contributed by atoms with Gasteiger partial charge in [-0.3, -0.25) is 19.7 Å². The molecule has 0 fully saturated rings. The molecule has 30 heavy (non-hydrogen) atoms. The van der Waals surface area contributed by atoms with Gasteiger partial charge in [-0.05, 0) is 30.3 Å². The molecule has 4 aromatic rings. The zero-order chi connectivity index (χ0) is 21.3. The number of aryl methyl sites for hydroxylation is 1. The van der Waals surface area contributed by atoms with E-state index in [0.29, 0.717) is 20.6 Å². The number of aliphatic carboxylic acids is 1. The Morgan fingerprint density at radius 1 is 1.00 bits per heavy atom. The fraction of sp³-hybridized carbons (Fsp3) is 0.0909. The van der Waals surface area contributed by atoms with Gasteiger partial charge in [0.1, 0.15) is 4.88 Å². The molecule has 0 aliphatic rings. The van der Waals surface area contributed by atoms with E-state index in [1.165, 1.54) is 11.3 Å². The number of hydrogen-bond donors (Lipinski definition) is 2. The van der Waals surface area contributed by atoms with Gasteiger partial charge in [-0.2, -0.15) is 0 Å². The zero-order valence-electron chi connectivity index (χ0n) is 15.6. The van der Waals surface area contributed by atoms with Crippen molar-refractivity contribution in [3.05, 3.63) is 81.3 Å². The van der Waals surface area contributed by atoms with Crippen LogP contribution in [-0.2, 0) is 11.2 Å². The van der Waals surface area contributed by atoms with E-state index in [1.807, 2.05) is 42.5 Å². The van der Waals surface area contributed by atoms with Crippen LogP contribution in [0.3, 0.4) is 0 Å². The standard InChI is InChI=1S/C22H16Cl2N2O3S/c23-14-7-5-13(6-8-14)17-11-9-15(10-12-19(27)28)26(17)25-22(29)21-20(24)16-3-1-2-4-18(16)30-21/h1-9,11H,10,12H2,(H,25,29)(H,27,28). The summed E-state index contributed by atoms with van der Waals surface area (Å²) >= 11 is 13.8. The third-order valence-corrected chi connectivity index (χ3v) is 6.58. The van der Waals surface area contributed by atoms with Crippen LogP contribution in [0.1, 0.15) is 21.8 Å². The molecule has 152 valence electrons. The lowest BCUT2D eigenvalue weighted by atomic mass is 10.2. The molecule has 0 atom stereocenters. The van der Waals surface area contributed by atoms with Crippen LogP contribution in [-0.4, -0.2) is 21.7 Å². The smallest absolute Gasteiger partial charge is 0.303 e. The molecule has 5 nitrogen and oxygen atoms in total. The molecule has 0 aliphatic heterocycles. The van der Waals surface area contributed by atoms with Crippen LogP contribution >= 0.6 is 34.5 Å². The molecule has 0 saturated carbocycles. The summed E-state index contributed by atoms with van der Waals surface area (Å²) in [5.74, 6) is -1.26. The van der Waals surface area contributed by atoms with E-state index in [0.717, 1.165) is 21.3 Å². The van der Waals surface area contributed by atoms with Gasteiger partial charge >= 0.3 is 5.97 Å². The number of rotatable bonds is 6. The van der Waals surface area contributed by atoms with E-state index in [-0.39, 0.29) is 18.7 Å². The Bertz CT molecular complexity index is 1250. The zero-order valence-corrected chi connectivity index (χ0v) is 17.9. The molecule has 0 radical (unpaired) electrons. The second kappa shape index (κ2) is 8.52. The van der Waals surface area contributed by atoms with Crippen LogP contribution in [0.25, 0.3) is 21.3 Å². The van der Waals surface area contributed by atoms with E-state index >= 15 is 0 Å². The van der Waals surface area contributed by atoms with Gasteiger partial charge in [-0.1, -0.05) is 53.5 Å². The number of benzene rings is 2. The van der Waals surface area contributed by atoms with Crippen molar-refractivity contribution in [2.45, 2.75) is 12.8 Å². The maximum atomic E-state index is 13.1. The first-order valence-corrected chi connectivity index (χ1v) is 10.7. The SMILES string of the molecule is O=C(O)CCc1ccc(-c2ccc(Cl)cc2)n1NC(=O)c1sc2ccccc2c1Cl. The van der Waals surface area contributed by atoms with Gasteiger partial charge in [0.25, 0.3) is 5.91 Å². The number of hydrogen-bond acceptors (Lipinski definition) is 3. The maximum absolute atomic E-state index is 13.1. The van der Waals surface area contributed by atoms with Gasteiger partial charge in [0, 0.05) is 32.8 Å². The summed E-state index contributed by atoms with van der Waals surface area (Å²) in [6.07, 6.45) is 0.215. The number of thiophene rings is 1. The summed E-state index contributed by atoms with van der Waals surface area (Å²) < 4.78 is 2.54. The minimum atomic E-state index is -0.908. The Morgan fingerprint density at radius 3 is 2.43 bits per heavy atom. The highest BCUT2D eigenvalue weighted by Gasteiger charge is 2.20. The lowest BCUT2D eigenvalue weighted by Gasteiger charge is -2.15. The van der Waals surface area contributed by atoms with E-state index < -0.39 is 5.97 Å². The highest BCUT2D eigenvalue weighted by atomic mass is 35.5. The quantitative estimate of drug-likeness (QED) is 0.367. The normalized spacial score (nSPS) is 11.0. The number of carbonyl (C=O) groups excluding carboxylic acids is 1. The minimum Gasteiger partial charge on any atom is -0.481 e. The molecule has 0 bridgehead atoms. The van der Waals surface area contributed by atoms with Gasteiger partial charge in [0.15, 0.2) is 0 Å². The number of aromatic nitrogens is 1. The summed E-state index contributed by atoms with van der Waals surface area (Å²) in [5, 5.41) is 10.9. The Kier molecular flexibility index (Phi) is 5.81. The minimum absolute atomic E-state index is 0.0520. The highest BCUT2D eigenvalue weighted by molar-refractivity contribution is 7.21. The van der Waals surface area contributed by atoms with Gasteiger partial charge in [0.2, 0.25) is 0 Å². The number of fused-ring (bicyclic) bond motifs is 1. The van der Waals surface area contributed by atoms with Crippen molar-refractivity contribution in [3.8, 4) is 11.3 Å². The van der Waals surface area contributed by atoms with Crippen molar-refractivity contribution in [2.75, 3.05) is 5.43 Å². The molecule has 1 amide bonds. The monoisotopic (exact) mass is 458 g/mol. The lowest BCUT2D eigenvalue weighted by Crippen LogP contribution is -2.25. The summed E-state index contributed by atoms with van der Waals surface area (Å²) in [6.45, 7) is 0. The van der Waals surface area contributed by atoms with E-state index in [9.17, 15) is 9.59 Å². The van der Waals surface area contributed by atoms with Crippen molar-refractivity contribution >= 4 is 56.5 Å². The maximum Gasteiger partial charge on any atom is 0.303 e. The van der Waals surface area contributed by atoms with Crippen LogP contribution in [0.4, 0.5) is 0 Å². The molecule has 0 unspecified atom stereocenters. The van der Waals surface area contributed by atoms with Crippen molar-refractivity contribution < 1.29 is 14.7 Å². The summed E-state index contributed by atoms with van der Waals surface area (Å²) in [6, 6.07) is 18.4. The Labute approximate surface area is 186 Å². The number of halogens is 2. The fourth-order valence-corrected chi connectivity index (χ4v) is 4.73. The number of carboxylic acid groups (broad SMARTS) is 1. The molecule has 0 aliphatic carbocycles. The third kappa shape index (κ3) is 4.07. The lowest BCUT2D eigenvalue weighted by molar-refractivity contribution is -0.136. The molecule has 8 heteroatoms. The van der Waals surface area contributed by atoms with E-state index in [4.69, 9.17) is 28.3 Å². The van der Waals surface area contributed by atoms with Gasteiger partial charge in [0.05, 0.1) is 17.1 Å². The summed E-state index contributed by atoms with van der Waals surface area (Å²) in [7, 11) is 0. The van der Waals surface area contributed by atoms with Gasteiger partial charge < -0.3 is 5.11 Å². The average Bonchev–Trinajstić information content (AvgIpc) is 3.28. The van der Waals surface area contributed by atoms with Crippen LogP contribution in [0.2, 0.25) is 10.0 Å². The van der Waals surface area contributed by atoms with Crippen LogP contribution in [0, 0.1) is 0 Å². The first kappa shape index (κ1) is 20.5. The number of nitrogens with zero attached hydrogens (tertiary/aromatic N) is 1. The van der Waals surface area contributed by atoms with Crippen LogP contribution in [0.5, 0.6) is 0 Å². The third-order valence-electron chi connectivity index (χ3n) is 4.65.